The first kappa shape index (κ1) is 13.4. The molecule has 0 aliphatic carbocycles. The van der Waals surface area contributed by atoms with Crippen LogP contribution in [0.5, 0.6) is 5.88 Å². The first-order valence-electron chi connectivity index (χ1n) is 7.74. The van der Waals surface area contributed by atoms with Gasteiger partial charge in [0.15, 0.2) is 0 Å². The molecule has 0 saturated carbocycles. The highest BCUT2D eigenvalue weighted by atomic mass is 16.5. The van der Waals surface area contributed by atoms with Gasteiger partial charge in [0.05, 0.1) is 5.52 Å². The van der Waals surface area contributed by atoms with Gasteiger partial charge in [0.2, 0.25) is 5.88 Å². The molecule has 5 nitrogen and oxygen atoms in total. The van der Waals surface area contributed by atoms with E-state index >= 15 is 0 Å². The van der Waals surface area contributed by atoms with Crippen molar-refractivity contribution >= 4 is 17.0 Å². The van der Waals surface area contributed by atoms with Crippen molar-refractivity contribution in [2.24, 2.45) is 0 Å². The third kappa shape index (κ3) is 2.26. The number of hydrogen-bond acceptors (Lipinski definition) is 3. The number of pyridine rings is 1. The van der Waals surface area contributed by atoms with Crippen LogP contribution in [-0.4, -0.2) is 39.3 Å². The predicted octanol–water partition coefficient (Wildman–Crippen LogP) is 3.29. The summed E-state index contributed by atoms with van der Waals surface area (Å²) in [6.07, 6.45) is 2.68. The molecule has 0 radical (unpaired) electrons. The lowest BCUT2D eigenvalue weighted by molar-refractivity contribution is 0.0478. The molecular weight excluding hydrogens is 280 g/mol. The average Bonchev–Trinajstić information content (AvgIpc) is 2.79. The van der Waals surface area contributed by atoms with Crippen molar-refractivity contribution in [2.75, 3.05) is 0 Å². The molecular formula is C17H18N2O3. The van der Waals surface area contributed by atoms with Gasteiger partial charge in [-0.05, 0) is 25.0 Å². The number of benzene rings is 1. The largest absolute Gasteiger partial charge is 0.474 e. The lowest BCUT2D eigenvalue weighted by Crippen LogP contribution is -2.48. The number of para-hydroxylation sites is 1. The van der Waals surface area contributed by atoms with Crippen molar-refractivity contribution in [3.63, 3.8) is 0 Å². The van der Waals surface area contributed by atoms with Gasteiger partial charge in [-0.2, -0.15) is 0 Å². The van der Waals surface area contributed by atoms with Crippen LogP contribution in [0.15, 0.2) is 36.4 Å². The molecule has 0 unspecified atom stereocenters. The smallest absolute Gasteiger partial charge is 0.407 e. The summed E-state index contributed by atoms with van der Waals surface area (Å²) in [5, 5.41) is 10.4. The van der Waals surface area contributed by atoms with E-state index in [0.717, 1.165) is 36.6 Å². The van der Waals surface area contributed by atoms with Crippen molar-refractivity contribution in [1.82, 2.24) is 9.88 Å². The Bertz CT molecular complexity index is 704. The molecule has 2 saturated heterocycles. The Hall–Kier alpha value is -2.30. The Balaban J connectivity index is 1.51. The minimum atomic E-state index is -0.796. The highest BCUT2D eigenvalue weighted by Crippen LogP contribution is 2.37. The number of carbonyl (C=O) groups is 1. The average molecular weight is 298 g/mol. The summed E-state index contributed by atoms with van der Waals surface area (Å²) in [6.45, 7) is 0. The summed E-state index contributed by atoms with van der Waals surface area (Å²) < 4.78 is 6.04. The first-order valence-corrected chi connectivity index (χ1v) is 7.74. The molecule has 0 spiro atoms. The zero-order chi connectivity index (χ0) is 15.1. The second-order valence-electron chi connectivity index (χ2n) is 6.13. The second-order valence-corrected chi connectivity index (χ2v) is 6.13. The van der Waals surface area contributed by atoms with Crippen molar-refractivity contribution in [2.45, 2.75) is 43.9 Å². The molecule has 4 rings (SSSR count). The number of aromatic nitrogens is 1. The maximum Gasteiger partial charge on any atom is 0.407 e. The number of nitrogens with zero attached hydrogens (tertiary/aromatic N) is 2. The Morgan fingerprint density at radius 1 is 1.14 bits per heavy atom. The molecule has 1 amide bonds. The Kier molecular flexibility index (Phi) is 3.13. The molecule has 2 bridgehead atoms. The van der Waals surface area contributed by atoms with Crippen molar-refractivity contribution < 1.29 is 14.6 Å². The number of ether oxygens (including phenoxy) is 1. The minimum absolute atomic E-state index is 0.0572. The van der Waals surface area contributed by atoms with Gasteiger partial charge in [0.1, 0.15) is 6.10 Å². The Morgan fingerprint density at radius 2 is 1.86 bits per heavy atom. The summed E-state index contributed by atoms with van der Waals surface area (Å²) in [5.74, 6) is 0.631. The summed E-state index contributed by atoms with van der Waals surface area (Å²) in [5.41, 5.74) is 0.922. The number of piperidine rings is 1. The fourth-order valence-corrected chi connectivity index (χ4v) is 3.82. The van der Waals surface area contributed by atoms with Crippen LogP contribution in [0, 0.1) is 0 Å². The molecule has 1 aromatic heterocycles. The molecule has 5 heteroatoms. The van der Waals surface area contributed by atoms with E-state index in [1.165, 1.54) is 0 Å². The summed E-state index contributed by atoms with van der Waals surface area (Å²) in [7, 11) is 0. The highest BCUT2D eigenvalue weighted by Gasteiger charge is 2.44. The molecule has 2 aromatic rings. The number of carboxylic acid groups (broad SMARTS) is 1. The van der Waals surface area contributed by atoms with Crippen LogP contribution in [-0.2, 0) is 0 Å². The van der Waals surface area contributed by atoms with Crippen molar-refractivity contribution in [1.29, 1.82) is 0 Å². The van der Waals surface area contributed by atoms with E-state index in [1.807, 2.05) is 36.4 Å². The minimum Gasteiger partial charge on any atom is -0.474 e. The van der Waals surface area contributed by atoms with Gasteiger partial charge in [-0.1, -0.05) is 18.2 Å². The monoisotopic (exact) mass is 298 g/mol. The summed E-state index contributed by atoms with van der Waals surface area (Å²) >= 11 is 0. The third-order valence-corrected chi connectivity index (χ3v) is 4.77. The van der Waals surface area contributed by atoms with Gasteiger partial charge in [0, 0.05) is 36.4 Å². The topological polar surface area (TPSA) is 62.7 Å². The Morgan fingerprint density at radius 3 is 2.59 bits per heavy atom. The molecule has 114 valence electrons. The molecule has 3 atom stereocenters. The SMILES string of the molecule is O=C(O)N1[C@@H]2CC[C@H]1C[C@H](Oc1ccc3ccccc3n1)C2. The molecule has 1 aromatic carbocycles. The Labute approximate surface area is 128 Å². The van der Waals surface area contributed by atoms with Crippen LogP contribution in [0.2, 0.25) is 0 Å². The van der Waals surface area contributed by atoms with Crippen molar-refractivity contribution in [3.8, 4) is 5.88 Å². The van der Waals surface area contributed by atoms with Crippen LogP contribution < -0.4 is 4.74 Å². The van der Waals surface area contributed by atoms with E-state index in [4.69, 9.17) is 4.74 Å². The first-order chi connectivity index (χ1) is 10.7. The molecule has 22 heavy (non-hydrogen) atoms. The number of hydrogen-bond donors (Lipinski definition) is 1. The van der Waals surface area contributed by atoms with Crippen molar-refractivity contribution in [3.05, 3.63) is 36.4 Å². The van der Waals surface area contributed by atoms with Crippen LogP contribution in [0.1, 0.15) is 25.7 Å². The molecule has 3 heterocycles. The predicted molar refractivity (Wildman–Crippen MR) is 82.1 cm³/mol. The summed E-state index contributed by atoms with van der Waals surface area (Å²) in [6, 6.07) is 12.1. The van der Waals surface area contributed by atoms with Gasteiger partial charge in [-0.3, -0.25) is 0 Å². The lowest BCUT2D eigenvalue weighted by Gasteiger charge is -2.36. The van der Waals surface area contributed by atoms with Gasteiger partial charge in [-0.15, -0.1) is 0 Å². The fourth-order valence-electron chi connectivity index (χ4n) is 3.82. The zero-order valence-corrected chi connectivity index (χ0v) is 12.2. The number of fused-ring (bicyclic) bond motifs is 3. The van der Waals surface area contributed by atoms with Crippen LogP contribution in [0.3, 0.4) is 0 Å². The molecule has 2 aliphatic heterocycles. The standard InChI is InChI=1S/C17H18N2O3/c20-17(21)19-12-6-7-13(19)10-14(9-12)22-16-8-5-11-3-1-2-4-15(11)18-16/h1-5,8,12-14H,6-7,9-10H2,(H,20,21)/t12-,13+,14-. The maximum atomic E-state index is 11.3. The van der Waals surface area contributed by atoms with E-state index < -0.39 is 6.09 Å². The van der Waals surface area contributed by atoms with E-state index in [9.17, 15) is 9.90 Å². The van der Waals surface area contributed by atoms with Gasteiger partial charge < -0.3 is 14.7 Å². The zero-order valence-electron chi connectivity index (χ0n) is 12.2. The fraction of sp³-hybridized carbons (Fsp3) is 0.412. The lowest BCUT2D eigenvalue weighted by atomic mass is 10.0. The normalized spacial score (nSPS) is 27.1. The van der Waals surface area contributed by atoms with E-state index in [1.54, 1.807) is 4.90 Å². The summed E-state index contributed by atoms with van der Waals surface area (Å²) in [4.78, 5) is 17.5. The number of amides is 1. The molecule has 1 N–H and O–H groups in total. The van der Waals surface area contributed by atoms with Gasteiger partial charge >= 0.3 is 6.09 Å². The number of rotatable bonds is 2. The maximum absolute atomic E-state index is 11.3. The van der Waals surface area contributed by atoms with E-state index in [0.29, 0.717) is 5.88 Å². The second kappa shape index (κ2) is 5.16. The van der Waals surface area contributed by atoms with E-state index in [2.05, 4.69) is 4.98 Å². The highest BCUT2D eigenvalue weighted by molar-refractivity contribution is 5.78. The van der Waals surface area contributed by atoms with E-state index in [-0.39, 0.29) is 18.2 Å². The molecule has 2 fully saturated rings. The third-order valence-electron chi connectivity index (χ3n) is 4.77. The van der Waals surface area contributed by atoms with Gasteiger partial charge in [-0.25, -0.2) is 9.78 Å². The van der Waals surface area contributed by atoms with Crippen LogP contribution >= 0.6 is 0 Å². The van der Waals surface area contributed by atoms with Gasteiger partial charge in [0.25, 0.3) is 0 Å². The van der Waals surface area contributed by atoms with Crippen LogP contribution in [0.4, 0.5) is 4.79 Å². The van der Waals surface area contributed by atoms with Crippen LogP contribution in [0.25, 0.3) is 10.9 Å². The molecule has 2 aliphatic rings. The quantitative estimate of drug-likeness (QED) is 0.924.